The van der Waals surface area contributed by atoms with Crippen LogP contribution in [-0.4, -0.2) is 50.9 Å². The Balaban J connectivity index is 0.00000140. The molecule has 156 valence electrons. The van der Waals surface area contributed by atoms with Crippen molar-refractivity contribution >= 4 is 42.1 Å². The number of aryl methyl sites for hydroxylation is 2. The van der Waals surface area contributed by atoms with Crippen molar-refractivity contribution in [3.8, 4) is 0 Å². The normalized spacial score (nSPS) is 16.6. The summed E-state index contributed by atoms with van der Waals surface area (Å²) in [5, 5.41) is 12.9. The van der Waals surface area contributed by atoms with E-state index in [9.17, 15) is 4.79 Å². The monoisotopic (exact) mass is 446 g/mol. The van der Waals surface area contributed by atoms with Gasteiger partial charge < -0.3 is 10.2 Å². The van der Waals surface area contributed by atoms with Crippen molar-refractivity contribution in [3.05, 3.63) is 27.0 Å². The first-order valence-electron chi connectivity index (χ1n) is 9.49. The molecule has 1 fully saturated rings. The minimum Gasteiger partial charge on any atom is -0.333 e. The molecule has 0 aromatic carbocycles. The summed E-state index contributed by atoms with van der Waals surface area (Å²) < 4.78 is 1.93. The van der Waals surface area contributed by atoms with Gasteiger partial charge in [-0.3, -0.25) is 4.79 Å². The topological polar surface area (TPSA) is 75.9 Å². The first-order valence-corrected chi connectivity index (χ1v) is 10.3. The first-order chi connectivity index (χ1) is 12.6. The summed E-state index contributed by atoms with van der Waals surface area (Å²) in [6.07, 6.45) is 6.74. The number of rotatable bonds is 4. The van der Waals surface area contributed by atoms with Gasteiger partial charge >= 0.3 is 0 Å². The van der Waals surface area contributed by atoms with Gasteiger partial charge in [0.1, 0.15) is 5.01 Å². The van der Waals surface area contributed by atoms with E-state index in [2.05, 4.69) is 15.6 Å². The molecule has 0 spiro atoms. The van der Waals surface area contributed by atoms with Gasteiger partial charge in [0.25, 0.3) is 5.91 Å². The number of hydrogen-bond acceptors (Lipinski definition) is 6. The summed E-state index contributed by atoms with van der Waals surface area (Å²) in [6, 6.07) is 0.335. The molecule has 0 saturated carbocycles. The second-order valence-corrected chi connectivity index (χ2v) is 8.46. The molecule has 1 N–H and O–H groups in total. The number of nitrogens with one attached hydrogen (secondary N) is 1. The second-order valence-electron chi connectivity index (χ2n) is 7.29. The van der Waals surface area contributed by atoms with Crippen molar-refractivity contribution in [2.24, 2.45) is 0 Å². The number of carbonyl (C=O) groups excluding carboxylic acids is 1. The zero-order valence-corrected chi connectivity index (χ0v) is 18.8. The maximum Gasteiger partial charge on any atom is 0.276 e. The molecule has 10 heteroatoms. The summed E-state index contributed by atoms with van der Waals surface area (Å²) in [6.45, 7) is 4.46. The smallest absolute Gasteiger partial charge is 0.276 e. The zero-order valence-electron chi connectivity index (χ0n) is 16.3. The van der Waals surface area contributed by atoms with Gasteiger partial charge in [-0.1, -0.05) is 5.21 Å². The molecule has 0 atom stereocenters. The van der Waals surface area contributed by atoms with Crippen molar-refractivity contribution < 1.29 is 4.79 Å². The highest BCUT2D eigenvalue weighted by molar-refractivity contribution is 7.11. The molecule has 1 saturated heterocycles. The zero-order chi connectivity index (χ0) is 18.1. The van der Waals surface area contributed by atoms with Crippen LogP contribution in [0.3, 0.4) is 0 Å². The average molecular weight is 447 g/mol. The average Bonchev–Trinajstić information content (AvgIpc) is 3.24. The Morgan fingerprint density at radius 1 is 1.25 bits per heavy atom. The number of amides is 1. The SMILES string of the molecule is Cc1c(C(=O)N(C)Cc2nc3c(s2)CCCC3)nnn1C1CCNCC1.Cl.Cl. The highest BCUT2D eigenvalue weighted by atomic mass is 35.5. The number of nitrogens with zero attached hydrogens (tertiary/aromatic N) is 5. The lowest BCUT2D eigenvalue weighted by Gasteiger charge is -2.23. The Bertz CT molecular complexity index is 779. The van der Waals surface area contributed by atoms with Crippen molar-refractivity contribution in [3.63, 3.8) is 0 Å². The van der Waals surface area contributed by atoms with Crippen molar-refractivity contribution in [1.82, 2.24) is 30.2 Å². The molecule has 0 bridgehead atoms. The lowest BCUT2D eigenvalue weighted by atomic mass is 10.0. The number of carbonyl (C=O) groups is 1. The molecule has 28 heavy (non-hydrogen) atoms. The molecule has 2 aromatic heterocycles. The van der Waals surface area contributed by atoms with Gasteiger partial charge in [0.05, 0.1) is 24.0 Å². The summed E-state index contributed by atoms with van der Waals surface area (Å²) in [7, 11) is 1.83. The van der Waals surface area contributed by atoms with E-state index < -0.39 is 0 Å². The number of thiazole rings is 1. The van der Waals surface area contributed by atoms with Gasteiger partial charge in [0.15, 0.2) is 5.69 Å². The number of aromatic nitrogens is 4. The standard InChI is InChI=1S/C18H26N6OS.2ClH/c1-12-17(21-22-24(12)13-7-9-19-10-8-13)18(25)23(2)11-16-20-14-5-3-4-6-15(14)26-16;;/h13,19H,3-11H2,1-2H3;2*1H. The van der Waals surface area contributed by atoms with Crippen LogP contribution in [-0.2, 0) is 19.4 Å². The van der Waals surface area contributed by atoms with E-state index in [4.69, 9.17) is 4.98 Å². The van der Waals surface area contributed by atoms with E-state index in [0.717, 1.165) is 49.5 Å². The van der Waals surface area contributed by atoms with Gasteiger partial charge in [-0.2, -0.15) is 0 Å². The van der Waals surface area contributed by atoms with Gasteiger partial charge in [-0.25, -0.2) is 9.67 Å². The third kappa shape index (κ3) is 4.67. The van der Waals surface area contributed by atoms with Crippen LogP contribution in [0.1, 0.15) is 63.5 Å². The molecule has 7 nitrogen and oxygen atoms in total. The molecular weight excluding hydrogens is 419 g/mol. The van der Waals surface area contributed by atoms with Gasteiger partial charge in [-0.05, 0) is 58.5 Å². The fourth-order valence-electron chi connectivity index (χ4n) is 3.87. The molecule has 1 amide bonds. The molecule has 0 unspecified atom stereocenters. The molecule has 3 heterocycles. The third-order valence-corrected chi connectivity index (χ3v) is 6.54. The Morgan fingerprint density at radius 2 is 1.96 bits per heavy atom. The largest absolute Gasteiger partial charge is 0.333 e. The Kier molecular flexibility index (Phi) is 8.24. The summed E-state index contributed by atoms with van der Waals surface area (Å²) in [5.74, 6) is -0.0733. The molecule has 0 radical (unpaired) electrons. The van der Waals surface area contributed by atoms with Crippen LogP contribution in [0.5, 0.6) is 0 Å². The number of halogens is 2. The number of hydrogen-bond donors (Lipinski definition) is 1. The highest BCUT2D eigenvalue weighted by Gasteiger charge is 2.25. The van der Waals surface area contributed by atoms with E-state index >= 15 is 0 Å². The van der Waals surface area contributed by atoms with Crippen LogP contribution in [0.25, 0.3) is 0 Å². The van der Waals surface area contributed by atoms with Crippen molar-refractivity contribution in [1.29, 1.82) is 0 Å². The van der Waals surface area contributed by atoms with Crippen LogP contribution in [0.2, 0.25) is 0 Å². The van der Waals surface area contributed by atoms with Crippen molar-refractivity contribution in [2.45, 2.75) is 58.0 Å². The fraction of sp³-hybridized carbons (Fsp3) is 0.667. The van der Waals surface area contributed by atoms with Gasteiger partial charge in [0.2, 0.25) is 0 Å². The fourth-order valence-corrected chi connectivity index (χ4v) is 5.08. The van der Waals surface area contributed by atoms with Gasteiger partial charge in [0, 0.05) is 11.9 Å². The van der Waals surface area contributed by atoms with Crippen LogP contribution < -0.4 is 5.32 Å². The summed E-state index contributed by atoms with van der Waals surface area (Å²) in [5.41, 5.74) is 2.57. The van der Waals surface area contributed by atoms with E-state index in [0.29, 0.717) is 18.3 Å². The Labute approximate surface area is 182 Å². The predicted octanol–water partition coefficient (Wildman–Crippen LogP) is 2.96. The number of fused-ring (bicyclic) bond motifs is 1. The second kappa shape index (κ2) is 10.0. The van der Waals surface area contributed by atoms with E-state index in [1.165, 1.54) is 23.4 Å². The van der Waals surface area contributed by atoms with Gasteiger partial charge in [-0.15, -0.1) is 41.2 Å². The molecule has 4 rings (SSSR count). The third-order valence-electron chi connectivity index (χ3n) is 5.39. The van der Waals surface area contributed by atoms with E-state index in [1.54, 1.807) is 16.2 Å². The van der Waals surface area contributed by atoms with Crippen LogP contribution in [0.15, 0.2) is 0 Å². The first kappa shape index (κ1) is 23.1. The van der Waals surface area contributed by atoms with Crippen LogP contribution >= 0.6 is 36.2 Å². The van der Waals surface area contributed by atoms with E-state index in [1.807, 2.05) is 18.7 Å². The molecule has 1 aliphatic heterocycles. The lowest BCUT2D eigenvalue weighted by Crippen LogP contribution is -2.30. The van der Waals surface area contributed by atoms with Crippen molar-refractivity contribution in [2.75, 3.05) is 20.1 Å². The van der Waals surface area contributed by atoms with Crippen LogP contribution in [0, 0.1) is 6.92 Å². The minimum absolute atomic E-state index is 0. The molecule has 2 aromatic rings. The number of piperidine rings is 1. The summed E-state index contributed by atoms with van der Waals surface area (Å²) in [4.78, 5) is 20.7. The lowest BCUT2D eigenvalue weighted by molar-refractivity contribution is 0.0778. The maximum absolute atomic E-state index is 12.9. The quantitative estimate of drug-likeness (QED) is 0.780. The Hall–Kier alpha value is -1.22. The highest BCUT2D eigenvalue weighted by Crippen LogP contribution is 2.27. The molecule has 1 aliphatic carbocycles. The predicted molar refractivity (Wildman–Crippen MR) is 115 cm³/mol. The minimum atomic E-state index is -0.0733. The Morgan fingerprint density at radius 3 is 2.68 bits per heavy atom. The molecular formula is C18H28Cl2N6OS. The van der Waals surface area contributed by atoms with E-state index in [-0.39, 0.29) is 30.7 Å². The van der Waals surface area contributed by atoms with Crippen LogP contribution in [0.4, 0.5) is 0 Å². The summed E-state index contributed by atoms with van der Waals surface area (Å²) >= 11 is 1.76. The molecule has 2 aliphatic rings. The maximum atomic E-state index is 12.9.